The number of aromatic nitrogens is 1. The minimum atomic E-state index is -1.66. The molecule has 30 heavy (non-hydrogen) atoms. The molecule has 6 nitrogen and oxygen atoms in total. The lowest BCUT2D eigenvalue weighted by molar-refractivity contribution is -0.364. The molecule has 2 aromatic rings. The Labute approximate surface area is 172 Å². The van der Waals surface area contributed by atoms with Crippen molar-refractivity contribution in [2.75, 3.05) is 36.4 Å². The van der Waals surface area contributed by atoms with Crippen LogP contribution in [0.4, 0.5) is 24.7 Å². The number of rotatable bonds is 7. The van der Waals surface area contributed by atoms with Crippen LogP contribution in [0.25, 0.3) is 0 Å². The van der Waals surface area contributed by atoms with E-state index in [9.17, 15) is 22.8 Å². The van der Waals surface area contributed by atoms with Crippen LogP contribution in [0.1, 0.15) is 36.5 Å². The number of amides is 2. The van der Waals surface area contributed by atoms with Crippen LogP contribution >= 0.6 is 0 Å². The summed E-state index contributed by atoms with van der Waals surface area (Å²) in [6.45, 7) is 3.50. The van der Waals surface area contributed by atoms with Gasteiger partial charge in [0.25, 0.3) is 11.7 Å². The number of H-pyrrole nitrogens is 1. The van der Waals surface area contributed by atoms with E-state index >= 15 is 0 Å². The number of nitrogens with zero attached hydrogens (tertiary/aromatic N) is 2. The van der Waals surface area contributed by atoms with E-state index in [4.69, 9.17) is 0 Å². The maximum Gasteiger partial charge on any atom is 0.287 e. The van der Waals surface area contributed by atoms with Crippen molar-refractivity contribution in [1.82, 2.24) is 4.90 Å². The summed E-state index contributed by atoms with van der Waals surface area (Å²) in [5.41, 5.74) is -0.0340. The highest BCUT2D eigenvalue weighted by Crippen LogP contribution is 2.22. The number of benzene rings is 1. The Kier molecular flexibility index (Phi) is 6.91. The number of hydrogen-bond donors (Lipinski definition) is 1. The highest BCUT2D eigenvalue weighted by molar-refractivity contribution is 6.01. The van der Waals surface area contributed by atoms with Crippen molar-refractivity contribution < 1.29 is 27.7 Å². The molecule has 3 rings (SSSR count). The first-order valence-electron chi connectivity index (χ1n) is 9.90. The van der Waals surface area contributed by atoms with E-state index in [2.05, 4.69) is 15.2 Å². The van der Waals surface area contributed by atoms with Crippen LogP contribution in [0.2, 0.25) is 0 Å². The fourth-order valence-electron chi connectivity index (χ4n) is 3.48. The molecular formula is C21H24F3N4O2+. The van der Waals surface area contributed by atoms with E-state index in [0.29, 0.717) is 24.3 Å². The number of halogens is 3. The van der Waals surface area contributed by atoms with Gasteiger partial charge in [-0.25, -0.2) is 18.2 Å². The smallest absolute Gasteiger partial charge is 0.287 e. The molecule has 1 saturated heterocycles. The van der Waals surface area contributed by atoms with Crippen LogP contribution < -0.4 is 15.2 Å². The van der Waals surface area contributed by atoms with Crippen LogP contribution in [0, 0.1) is 17.5 Å². The molecule has 160 valence electrons. The number of aromatic amines is 1. The summed E-state index contributed by atoms with van der Waals surface area (Å²) in [4.78, 5) is 32.2. The summed E-state index contributed by atoms with van der Waals surface area (Å²) in [5.74, 6) is -4.83. The SMILES string of the molecule is CCCN(CC(=O)Nc1ccc(F)c(F)c1F)C(=O)c1ccc[nH+]c1N1CCCC1. The number of pyridine rings is 1. The third-order valence-corrected chi connectivity index (χ3v) is 4.91. The molecular weight excluding hydrogens is 397 g/mol. The molecule has 0 radical (unpaired) electrons. The normalized spacial score (nSPS) is 13.4. The zero-order valence-corrected chi connectivity index (χ0v) is 16.7. The van der Waals surface area contributed by atoms with Gasteiger partial charge in [0.15, 0.2) is 17.5 Å². The van der Waals surface area contributed by atoms with Crippen LogP contribution in [0.3, 0.4) is 0 Å². The number of carbonyl (C=O) groups is 2. The van der Waals surface area contributed by atoms with E-state index in [1.54, 1.807) is 18.3 Å². The molecule has 2 amide bonds. The maximum atomic E-state index is 13.8. The van der Waals surface area contributed by atoms with Gasteiger partial charge in [-0.2, -0.15) is 0 Å². The Bertz CT molecular complexity index is 932. The summed E-state index contributed by atoms with van der Waals surface area (Å²) in [6.07, 6.45) is 4.43. The molecule has 1 aliphatic heterocycles. The van der Waals surface area contributed by atoms with E-state index < -0.39 is 29.0 Å². The van der Waals surface area contributed by atoms with Gasteiger partial charge in [0, 0.05) is 6.54 Å². The van der Waals surface area contributed by atoms with Crippen molar-refractivity contribution in [1.29, 1.82) is 0 Å². The predicted molar refractivity (Wildman–Crippen MR) is 106 cm³/mol. The Hall–Kier alpha value is -3.10. The van der Waals surface area contributed by atoms with Crippen molar-refractivity contribution >= 4 is 23.3 Å². The molecule has 0 aliphatic carbocycles. The van der Waals surface area contributed by atoms with Gasteiger partial charge in [-0.1, -0.05) is 6.92 Å². The Balaban J connectivity index is 1.77. The second kappa shape index (κ2) is 9.60. The quantitative estimate of drug-likeness (QED) is 0.699. The van der Waals surface area contributed by atoms with Gasteiger partial charge in [0.2, 0.25) is 5.91 Å². The molecule has 0 bridgehead atoms. The zero-order valence-electron chi connectivity index (χ0n) is 16.7. The van der Waals surface area contributed by atoms with Gasteiger partial charge >= 0.3 is 0 Å². The second-order valence-electron chi connectivity index (χ2n) is 7.12. The molecule has 2 heterocycles. The maximum absolute atomic E-state index is 13.8. The van der Waals surface area contributed by atoms with Crippen molar-refractivity contribution in [3.05, 3.63) is 53.5 Å². The van der Waals surface area contributed by atoms with Gasteiger partial charge < -0.3 is 10.2 Å². The summed E-state index contributed by atoms with van der Waals surface area (Å²) in [7, 11) is 0. The Morgan fingerprint density at radius 3 is 2.57 bits per heavy atom. The minimum absolute atomic E-state index is 0.306. The molecule has 1 aromatic carbocycles. The molecule has 2 N–H and O–H groups in total. The first-order valence-corrected chi connectivity index (χ1v) is 9.90. The first kappa shape index (κ1) is 21.6. The van der Waals surface area contributed by atoms with Gasteiger partial charge in [-0.15, -0.1) is 0 Å². The van der Waals surface area contributed by atoms with Gasteiger partial charge in [0.05, 0.1) is 25.0 Å². The lowest BCUT2D eigenvalue weighted by atomic mass is 10.2. The van der Waals surface area contributed by atoms with Crippen LogP contribution in [-0.4, -0.2) is 42.9 Å². The molecule has 0 spiro atoms. The van der Waals surface area contributed by atoms with Gasteiger partial charge in [0.1, 0.15) is 12.1 Å². The topological polar surface area (TPSA) is 66.8 Å². The second-order valence-corrected chi connectivity index (χ2v) is 7.12. The molecule has 1 fully saturated rings. The number of carbonyl (C=O) groups excluding carboxylic acids is 2. The summed E-state index contributed by atoms with van der Waals surface area (Å²) < 4.78 is 40.3. The Morgan fingerprint density at radius 1 is 1.13 bits per heavy atom. The molecule has 1 aromatic heterocycles. The monoisotopic (exact) mass is 421 g/mol. The number of anilines is 2. The molecule has 0 unspecified atom stereocenters. The summed E-state index contributed by atoms with van der Waals surface area (Å²) in [6, 6.07) is 5.08. The van der Waals surface area contributed by atoms with E-state index in [1.807, 2.05) is 6.92 Å². The van der Waals surface area contributed by atoms with E-state index in [-0.39, 0.29) is 12.5 Å². The minimum Gasteiger partial charge on any atom is -0.329 e. The fourth-order valence-corrected chi connectivity index (χ4v) is 3.48. The number of nitrogens with one attached hydrogen (secondary N) is 2. The van der Waals surface area contributed by atoms with Gasteiger partial charge in [-0.3, -0.25) is 14.5 Å². The average Bonchev–Trinajstić information content (AvgIpc) is 3.28. The molecule has 9 heteroatoms. The largest absolute Gasteiger partial charge is 0.329 e. The van der Waals surface area contributed by atoms with Crippen LogP contribution in [0.5, 0.6) is 0 Å². The zero-order chi connectivity index (χ0) is 21.7. The molecule has 1 aliphatic rings. The molecule has 0 atom stereocenters. The predicted octanol–water partition coefficient (Wildman–Crippen LogP) is 3.01. The van der Waals surface area contributed by atoms with Crippen molar-refractivity contribution in [2.45, 2.75) is 26.2 Å². The highest BCUT2D eigenvalue weighted by Gasteiger charge is 2.30. The van der Waals surface area contributed by atoms with Gasteiger partial charge in [-0.05, 0) is 43.5 Å². The third kappa shape index (κ3) is 4.72. The summed E-state index contributed by atoms with van der Waals surface area (Å²) in [5, 5.41) is 2.21. The summed E-state index contributed by atoms with van der Waals surface area (Å²) >= 11 is 0. The fraction of sp³-hybridized carbons (Fsp3) is 0.381. The third-order valence-electron chi connectivity index (χ3n) is 4.91. The van der Waals surface area contributed by atoms with E-state index in [0.717, 1.165) is 38.1 Å². The first-order chi connectivity index (χ1) is 14.4. The lowest BCUT2D eigenvalue weighted by Crippen LogP contribution is -2.40. The van der Waals surface area contributed by atoms with E-state index in [1.165, 1.54) is 4.90 Å². The highest BCUT2D eigenvalue weighted by atomic mass is 19.2. The molecule has 0 saturated carbocycles. The van der Waals surface area contributed by atoms with Crippen molar-refractivity contribution in [2.24, 2.45) is 0 Å². The number of hydrogen-bond acceptors (Lipinski definition) is 3. The van der Waals surface area contributed by atoms with Crippen molar-refractivity contribution in [3.63, 3.8) is 0 Å². The van der Waals surface area contributed by atoms with Crippen LogP contribution in [0.15, 0.2) is 30.5 Å². The lowest BCUT2D eigenvalue weighted by Gasteiger charge is -2.23. The standard InChI is InChI=1S/C21H23F3N4O2/c1-2-10-28(13-17(29)26-16-8-7-15(22)18(23)19(16)24)21(30)14-6-5-9-25-20(14)27-11-3-4-12-27/h5-9H,2-4,10-13H2,1H3,(H,26,29)/p+1. The van der Waals surface area contributed by atoms with Crippen molar-refractivity contribution in [3.8, 4) is 0 Å². The van der Waals surface area contributed by atoms with Crippen LogP contribution in [-0.2, 0) is 4.79 Å². The average molecular weight is 421 g/mol. The Morgan fingerprint density at radius 2 is 1.87 bits per heavy atom.